The van der Waals surface area contributed by atoms with E-state index in [4.69, 9.17) is 14.6 Å². The van der Waals surface area contributed by atoms with Crippen LogP contribution in [0.2, 0.25) is 0 Å². The fourth-order valence-electron chi connectivity index (χ4n) is 1.59. The summed E-state index contributed by atoms with van der Waals surface area (Å²) in [4.78, 5) is 10.5. The molecule has 0 atom stereocenters. The van der Waals surface area contributed by atoms with Crippen molar-refractivity contribution >= 4 is 16.0 Å². The quantitative estimate of drug-likeness (QED) is 0.603. The Balaban J connectivity index is 2.92. The van der Waals surface area contributed by atoms with Crippen LogP contribution in [0, 0.1) is 0 Å². The summed E-state index contributed by atoms with van der Waals surface area (Å²) in [5.74, 6) is -1.10. The highest BCUT2D eigenvalue weighted by Crippen LogP contribution is 2.14. The second-order valence-electron chi connectivity index (χ2n) is 4.16. The Morgan fingerprint density at radius 2 is 1.90 bits per heavy atom. The Kier molecular flexibility index (Phi) is 6.75. The van der Waals surface area contributed by atoms with Crippen LogP contribution in [0.25, 0.3) is 0 Å². The average molecular weight is 321 g/mol. The number of carbonyl (C=O) groups is 1. The van der Waals surface area contributed by atoms with Crippen molar-refractivity contribution in [1.29, 1.82) is 0 Å². The zero-order valence-corrected chi connectivity index (χ0v) is 12.7. The van der Waals surface area contributed by atoms with Gasteiger partial charge < -0.3 is 14.6 Å². The molecule has 1 N–H and O–H groups in total. The van der Waals surface area contributed by atoms with Crippen LogP contribution in [-0.2, 0) is 30.8 Å². The van der Waals surface area contributed by atoms with E-state index in [0.29, 0.717) is 0 Å². The van der Waals surface area contributed by atoms with Crippen molar-refractivity contribution in [3.63, 3.8) is 0 Å². The number of aromatic nitrogens is 2. The fourth-order valence-corrected chi connectivity index (χ4v) is 2.95. The van der Waals surface area contributed by atoms with Crippen LogP contribution < -0.4 is 0 Å². The predicted molar refractivity (Wildman–Crippen MR) is 72.4 cm³/mol. The van der Waals surface area contributed by atoms with Crippen molar-refractivity contribution in [3.8, 4) is 0 Å². The van der Waals surface area contributed by atoms with E-state index >= 15 is 0 Å². The number of carboxylic acids is 1. The third-order valence-electron chi connectivity index (χ3n) is 2.63. The van der Waals surface area contributed by atoms with Crippen molar-refractivity contribution in [1.82, 2.24) is 14.1 Å². The second-order valence-corrected chi connectivity index (χ2v) is 6.09. The molecule has 0 saturated carbocycles. The zero-order valence-electron chi connectivity index (χ0n) is 11.9. The van der Waals surface area contributed by atoms with Gasteiger partial charge in [0.1, 0.15) is 11.4 Å². The van der Waals surface area contributed by atoms with Gasteiger partial charge in [0.05, 0.1) is 19.4 Å². The lowest BCUT2D eigenvalue weighted by atomic mass is 10.6. The Morgan fingerprint density at radius 1 is 1.33 bits per heavy atom. The summed E-state index contributed by atoms with van der Waals surface area (Å²) in [7, 11) is -0.807. The number of hydrogen-bond acceptors (Lipinski definition) is 6. The van der Waals surface area contributed by atoms with Crippen molar-refractivity contribution in [2.45, 2.75) is 11.4 Å². The van der Waals surface area contributed by atoms with E-state index in [1.807, 2.05) is 0 Å². The molecule has 0 saturated heterocycles. The number of hydrogen-bond donors (Lipinski definition) is 1. The highest BCUT2D eigenvalue weighted by atomic mass is 32.2. The smallest absolute Gasteiger partial charge is 0.325 e. The van der Waals surface area contributed by atoms with Crippen LogP contribution in [-0.4, -0.2) is 74.1 Å². The van der Waals surface area contributed by atoms with Gasteiger partial charge in [-0.05, 0) is 0 Å². The molecule has 1 aromatic rings. The topological polar surface area (TPSA) is 111 Å². The molecule has 9 nitrogen and oxygen atoms in total. The van der Waals surface area contributed by atoms with E-state index in [2.05, 4.69) is 5.10 Å². The Hall–Kier alpha value is -1.49. The molecule has 0 aliphatic heterocycles. The number of carboxylic acid groups (broad SMARTS) is 1. The second kappa shape index (κ2) is 8.08. The third kappa shape index (κ3) is 5.08. The van der Waals surface area contributed by atoms with E-state index in [0.717, 1.165) is 10.9 Å². The SMILES string of the molecule is COCCN(CCOC)S(=O)(=O)c1cnn(CC(=O)O)c1. The zero-order chi connectivity index (χ0) is 15.9. The number of methoxy groups -OCH3 is 2. The molecular weight excluding hydrogens is 302 g/mol. The number of nitrogens with zero attached hydrogens (tertiary/aromatic N) is 3. The molecule has 0 aliphatic rings. The van der Waals surface area contributed by atoms with Gasteiger partial charge in [0.2, 0.25) is 10.0 Å². The van der Waals surface area contributed by atoms with Crippen molar-refractivity contribution < 1.29 is 27.8 Å². The molecule has 0 fully saturated rings. The number of sulfonamides is 1. The van der Waals surface area contributed by atoms with E-state index in [1.165, 1.54) is 24.7 Å². The minimum atomic E-state index is -3.76. The van der Waals surface area contributed by atoms with Crippen LogP contribution in [0.4, 0.5) is 0 Å². The molecule has 120 valence electrons. The summed E-state index contributed by atoms with van der Waals surface area (Å²) in [6.45, 7) is 0.433. The maximum absolute atomic E-state index is 12.5. The molecule has 0 bridgehead atoms. The summed E-state index contributed by atoms with van der Waals surface area (Å²) in [6.07, 6.45) is 2.32. The van der Waals surface area contributed by atoms with Gasteiger partial charge in [0.25, 0.3) is 0 Å². The van der Waals surface area contributed by atoms with Gasteiger partial charge in [-0.15, -0.1) is 0 Å². The normalized spacial score (nSPS) is 12.0. The van der Waals surface area contributed by atoms with Gasteiger partial charge in [-0.1, -0.05) is 0 Å². The largest absolute Gasteiger partial charge is 0.480 e. The molecule has 0 amide bonds. The first kappa shape index (κ1) is 17.6. The van der Waals surface area contributed by atoms with Crippen molar-refractivity contribution in [2.75, 3.05) is 40.5 Å². The molecule has 1 rings (SSSR count). The lowest BCUT2D eigenvalue weighted by molar-refractivity contribution is -0.137. The highest BCUT2D eigenvalue weighted by molar-refractivity contribution is 7.89. The van der Waals surface area contributed by atoms with Crippen LogP contribution in [0.1, 0.15) is 0 Å². The number of rotatable bonds is 10. The minimum absolute atomic E-state index is 0.0593. The lowest BCUT2D eigenvalue weighted by Gasteiger charge is -2.20. The Labute approximate surface area is 123 Å². The fraction of sp³-hybridized carbons (Fsp3) is 0.636. The Bertz CT molecular complexity index is 548. The summed E-state index contributed by atoms with van der Waals surface area (Å²) in [5, 5.41) is 12.4. The van der Waals surface area contributed by atoms with Gasteiger partial charge in [-0.3, -0.25) is 9.48 Å². The molecule has 0 aliphatic carbocycles. The van der Waals surface area contributed by atoms with Crippen LogP contribution in [0.5, 0.6) is 0 Å². The molecule has 0 aromatic carbocycles. The average Bonchev–Trinajstić information content (AvgIpc) is 2.87. The lowest BCUT2D eigenvalue weighted by Crippen LogP contribution is -2.36. The first-order valence-electron chi connectivity index (χ1n) is 6.14. The molecule has 21 heavy (non-hydrogen) atoms. The third-order valence-corrected chi connectivity index (χ3v) is 4.49. The molecule has 1 heterocycles. The van der Waals surface area contributed by atoms with Crippen LogP contribution in [0.15, 0.2) is 17.3 Å². The Morgan fingerprint density at radius 3 is 2.38 bits per heavy atom. The maximum atomic E-state index is 12.5. The van der Waals surface area contributed by atoms with Gasteiger partial charge in [0.15, 0.2) is 0 Å². The first-order chi connectivity index (χ1) is 9.91. The first-order valence-corrected chi connectivity index (χ1v) is 7.58. The summed E-state index contributed by atoms with van der Waals surface area (Å²) in [6, 6.07) is 0. The summed E-state index contributed by atoms with van der Waals surface area (Å²) >= 11 is 0. The number of ether oxygens (including phenoxy) is 2. The van der Waals surface area contributed by atoms with Gasteiger partial charge in [-0.2, -0.15) is 9.40 Å². The number of aliphatic carboxylic acids is 1. The minimum Gasteiger partial charge on any atom is -0.480 e. The molecule has 1 aromatic heterocycles. The molecule has 0 radical (unpaired) electrons. The van der Waals surface area contributed by atoms with Crippen LogP contribution in [0.3, 0.4) is 0 Å². The van der Waals surface area contributed by atoms with E-state index in [1.54, 1.807) is 0 Å². The molecule has 0 spiro atoms. The van der Waals surface area contributed by atoms with Crippen molar-refractivity contribution in [2.24, 2.45) is 0 Å². The van der Waals surface area contributed by atoms with E-state index in [-0.39, 0.29) is 31.2 Å². The standard InChI is InChI=1S/C11H19N3O6S/c1-19-5-3-14(4-6-20-2)21(17,18)10-7-12-13(8-10)9-11(15)16/h7-8H,3-6,9H2,1-2H3,(H,15,16). The highest BCUT2D eigenvalue weighted by Gasteiger charge is 2.25. The molecule has 10 heteroatoms. The van der Waals surface area contributed by atoms with Gasteiger partial charge >= 0.3 is 5.97 Å². The van der Waals surface area contributed by atoms with Gasteiger partial charge in [0, 0.05) is 33.5 Å². The van der Waals surface area contributed by atoms with Crippen molar-refractivity contribution in [3.05, 3.63) is 12.4 Å². The molecule has 0 unspecified atom stereocenters. The maximum Gasteiger partial charge on any atom is 0.325 e. The monoisotopic (exact) mass is 321 g/mol. The molecular formula is C11H19N3O6S. The van der Waals surface area contributed by atoms with Gasteiger partial charge in [-0.25, -0.2) is 8.42 Å². The van der Waals surface area contributed by atoms with E-state index in [9.17, 15) is 13.2 Å². The summed E-state index contributed by atoms with van der Waals surface area (Å²) < 4.78 is 37.0. The van der Waals surface area contributed by atoms with E-state index < -0.39 is 22.5 Å². The predicted octanol–water partition coefficient (Wildman–Crippen LogP) is -0.749. The van der Waals surface area contributed by atoms with Crippen LogP contribution >= 0.6 is 0 Å². The summed E-state index contributed by atoms with van der Waals surface area (Å²) in [5.41, 5.74) is 0.